The highest BCUT2D eigenvalue weighted by Gasteiger charge is 2.19. The lowest BCUT2D eigenvalue weighted by Crippen LogP contribution is -2.42. The van der Waals surface area contributed by atoms with Crippen LogP contribution in [0.4, 0.5) is 0 Å². The smallest absolute Gasteiger partial charge is 0.205 e. The summed E-state index contributed by atoms with van der Waals surface area (Å²) in [4.78, 5) is 4.42. The molecule has 0 aromatic carbocycles. The summed E-state index contributed by atoms with van der Waals surface area (Å²) in [7, 11) is 0. The molecule has 0 bridgehead atoms. The minimum absolute atomic E-state index is 0.286. The van der Waals surface area contributed by atoms with Crippen LogP contribution in [-0.2, 0) is 0 Å². The summed E-state index contributed by atoms with van der Waals surface area (Å²) in [6.45, 7) is 12.7. The summed E-state index contributed by atoms with van der Waals surface area (Å²) in [6.07, 6.45) is 1.07. The van der Waals surface area contributed by atoms with Gasteiger partial charge in [-0.1, -0.05) is 34.6 Å². The highest BCUT2D eigenvalue weighted by Crippen LogP contribution is 2.25. The molecule has 4 N–H and O–H groups in total. The lowest BCUT2D eigenvalue weighted by Gasteiger charge is -2.25. The molecule has 0 saturated heterocycles. The zero-order valence-corrected chi connectivity index (χ0v) is 10.7. The van der Waals surface area contributed by atoms with Crippen molar-refractivity contribution in [1.82, 2.24) is 10.7 Å². The van der Waals surface area contributed by atoms with Crippen molar-refractivity contribution in [3.8, 4) is 0 Å². The van der Waals surface area contributed by atoms with Gasteiger partial charge in [-0.05, 0) is 17.8 Å². The Labute approximate surface area is 93.7 Å². The number of nitrogens with zero attached hydrogens (tertiary/aromatic N) is 1. The van der Waals surface area contributed by atoms with Crippen LogP contribution in [0, 0.1) is 11.3 Å². The molecule has 90 valence electrons. The number of hydrazine groups is 1. The molecular weight excluding hydrogens is 188 g/mol. The van der Waals surface area contributed by atoms with Gasteiger partial charge in [-0.25, -0.2) is 5.84 Å². The van der Waals surface area contributed by atoms with Crippen LogP contribution in [0.5, 0.6) is 0 Å². The van der Waals surface area contributed by atoms with E-state index in [4.69, 9.17) is 5.84 Å². The highest BCUT2D eigenvalue weighted by molar-refractivity contribution is 5.79. The molecule has 0 rings (SSSR count). The van der Waals surface area contributed by atoms with E-state index in [1.165, 1.54) is 0 Å². The standard InChI is InChI=1S/C11H26N4/c1-6-7-13-10(15-12)14-8-9(2)11(3,4)5/h9H,6-8,12H2,1-5H3,(H2,13,14,15). The van der Waals surface area contributed by atoms with E-state index in [0.717, 1.165) is 19.5 Å². The molecule has 0 amide bonds. The van der Waals surface area contributed by atoms with Crippen molar-refractivity contribution in [2.45, 2.75) is 41.0 Å². The van der Waals surface area contributed by atoms with Crippen LogP contribution >= 0.6 is 0 Å². The van der Waals surface area contributed by atoms with Gasteiger partial charge in [0, 0.05) is 13.1 Å². The largest absolute Gasteiger partial charge is 0.355 e. The van der Waals surface area contributed by atoms with Crippen molar-refractivity contribution in [3.05, 3.63) is 0 Å². The molecule has 0 radical (unpaired) electrons. The van der Waals surface area contributed by atoms with E-state index in [1.54, 1.807) is 0 Å². The Morgan fingerprint density at radius 3 is 2.40 bits per heavy atom. The molecule has 15 heavy (non-hydrogen) atoms. The van der Waals surface area contributed by atoms with Crippen molar-refractivity contribution in [3.63, 3.8) is 0 Å². The first-order chi connectivity index (χ1) is 6.91. The number of rotatable bonds is 4. The minimum atomic E-state index is 0.286. The van der Waals surface area contributed by atoms with Crippen LogP contribution in [0.3, 0.4) is 0 Å². The summed E-state index contributed by atoms with van der Waals surface area (Å²) >= 11 is 0. The lowest BCUT2D eigenvalue weighted by atomic mass is 9.82. The third-order valence-electron chi connectivity index (χ3n) is 2.68. The van der Waals surface area contributed by atoms with Gasteiger partial charge in [0.25, 0.3) is 0 Å². The first-order valence-corrected chi connectivity index (χ1v) is 5.66. The first kappa shape index (κ1) is 14.2. The number of hydrogen-bond donors (Lipinski definition) is 3. The molecule has 0 spiro atoms. The van der Waals surface area contributed by atoms with Crippen molar-refractivity contribution in [2.24, 2.45) is 22.2 Å². The molecule has 0 aliphatic rings. The van der Waals surface area contributed by atoms with E-state index in [9.17, 15) is 0 Å². The Bertz CT molecular complexity index is 193. The summed E-state index contributed by atoms with van der Waals surface area (Å²) in [5.74, 6) is 6.59. The van der Waals surface area contributed by atoms with Gasteiger partial charge >= 0.3 is 0 Å². The van der Waals surface area contributed by atoms with Crippen LogP contribution in [0.25, 0.3) is 0 Å². The molecule has 4 nitrogen and oxygen atoms in total. The summed E-state index contributed by atoms with van der Waals surface area (Å²) in [5.41, 5.74) is 2.87. The number of nitrogens with two attached hydrogens (primary N) is 1. The quantitative estimate of drug-likeness (QED) is 0.287. The Morgan fingerprint density at radius 2 is 2.00 bits per heavy atom. The minimum Gasteiger partial charge on any atom is -0.355 e. The zero-order chi connectivity index (χ0) is 11.9. The molecule has 1 atom stereocenters. The number of aliphatic imine (C=N–C) groups is 1. The van der Waals surface area contributed by atoms with Gasteiger partial charge in [-0.3, -0.25) is 10.4 Å². The number of hydrogen-bond acceptors (Lipinski definition) is 2. The fourth-order valence-electron chi connectivity index (χ4n) is 0.898. The first-order valence-electron chi connectivity index (χ1n) is 5.66. The highest BCUT2D eigenvalue weighted by atomic mass is 15.3. The molecule has 0 aliphatic heterocycles. The molecule has 0 heterocycles. The second kappa shape index (κ2) is 6.67. The lowest BCUT2D eigenvalue weighted by molar-refractivity contribution is 0.269. The van der Waals surface area contributed by atoms with E-state index < -0.39 is 0 Å². The topological polar surface area (TPSA) is 62.4 Å². The van der Waals surface area contributed by atoms with Gasteiger partial charge in [0.15, 0.2) is 0 Å². The van der Waals surface area contributed by atoms with E-state index >= 15 is 0 Å². The normalized spacial score (nSPS) is 14.9. The summed E-state index contributed by atoms with van der Waals surface area (Å²) in [6, 6.07) is 0. The van der Waals surface area contributed by atoms with Crippen molar-refractivity contribution >= 4 is 5.96 Å². The fourth-order valence-corrected chi connectivity index (χ4v) is 0.898. The maximum atomic E-state index is 5.37. The molecule has 4 heteroatoms. The van der Waals surface area contributed by atoms with E-state index in [2.05, 4.69) is 50.4 Å². The molecule has 0 aromatic heterocycles. The number of guanidine groups is 1. The van der Waals surface area contributed by atoms with Crippen LogP contribution in [0.1, 0.15) is 41.0 Å². The second-order valence-corrected chi connectivity index (χ2v) is 5.03. The van der Waals surface area contributed by atoms with Gasteiger partial charge in [-0.2, -0.15) is 0 Å². The third-order valence-corrected chi connectivity index (χ3v) is 2.68. The Hall–Kier alpha value is -0.770. The molecule has 0 aliphatic carbocycles. The molecular formula is C11H26N4. The molecule has 1 unspecified atom stereocenters. The van der Waals surface area contributed by atoms with E-state index in [1.807, 2.05) is 0 Å². The number of nitrogens with one attached hydrogen (secondary N) is 2. The van der Waals surface area contributed by atoms with Crippen LogP contribution in [-0.4, -0.2) is 19.0 Å². The Morgan fingerprint density at radius 1 is 1.40 bits per heavy atom. The van der Waals surface area contributed by atoms with Crippen LogP contribution in [0.15, 0.2) is 4.99 Å². The average Bonchev–Trinajstić information content (AvgIpc) is 2.16. The predicted octanol–water partition coefficient (Wildman–Crippen LogP) is 1.49. The van der Waals surface area contributed by atoms with Gasteiger partial charge < -0.3 is 5.32 Å². The fraction of sp³-hybridized carbons (Fsp3) is 0.909. The zero-order valence-electron chi connectivity index (χ0n) is 10.7. The SMILES string of the molecule is CCCNC(=NCC(C)C(C)(C)C)NN. The van der Waals surface area contributed by atoms with Crippen molar-refractivity contribution in [1.29, 1.82) is 0 Å². The summed E-state index contributed by atoms with van der Waals surface area (Å²) in [5, 5.41) is 3.14. The van der Waals surface area contributed by atoms with Crippen molar-refractivity contribution in [2.75, 3.05) is 13.1 Å². The van der Waals surface area contributed by atoms with Gasteiger partial charge in [0.1, 0.15) is 0 Å². The van der Waals surface area contributed by atoms with Crippen LogP contribution in [0.2, 0.25) is 0 Å². The maximum absolute atomic E-state index is 5.37. The second-order valence-electron chi connectivity index (χ2n) is 5.03. The van der Waals surface area contributed by atoms with E-state index in [0.29, 0.717) is 11.9 Å². The van der Waals surface area contributed by atoms with Crippen LogP contribution < -0.4 is 16.6 Å². The third kappa shape index (κ3) is 6.33. The van der Waals surface area contributed by atoms with Gasteiger partial charge in [0.2, 0.25) is 5.96 Å². The average molecular weight is 214 g/mol. The van der Waals surface area contributed by atoms with E-state index in [-0.39, 0.29) is 5.41 Å². The monoisotopic (exact) mass is 214 g/mol. The Kier molecular flexibility index (Phi) is 6.32. The summed E-state index contributed by atoms with van der Waals surface area (Å²) < 4.78 is 0. The van der Waals surface area contributed by atoms with Gasteiger partial charge in [0.05, 0.1) is 0 Å². The van der Waals surface area contributed by atoms with Crippen molar-refractivity contribution < 1.29 is 0 Å². The van der Waals surface area contributed by atoms with Gasteiger partial charge in [-0.15, -0.1) is 0 Å². The maximum Gasteiger partial charge on any atom is 0.205 e. The predicted molar refractivity (Wildman–Crippen MR) is 66.5 cm³/mol. The molecule has 0 saturated carbocycles. The Balaban J connectivity index is 4.10. The molecule has 0 fully saturated rings. The molecule has 0 aromatic rings.